The van der Waals surface area contributed by atoms with E-state index in [1.54, 1.807) is 27.4 Å². The summed E-state index contributed by atoms with van der Waals surface area (Å²) in [5, 5.41) is 0. The summed E-state index contributed by atoms with van der Waals surface area (Å²) in [4.78, 5) is 11.3. The lowest BCUT2D eigenvalue weighted by atomic mass is 10.1. The van der Waals surface area contributed by atoms with E-state index in [1.165, 1.54) is 14.0 Å². The fourth-order valence-corrected chi connectivity index (χ4v) is 2.02. The first-order valence-corrected chi connectivity index (χ1v) is 7.38. The first-order chi connectivity index (χ1) is 11.5. The van der Waals surface area contributed by atoms with E-state index in [0.29, 0.717) is 23.0 Å². The molecule has 0 saturated carbocycles. The van der Waals surface area contributed by atoms with Gasteiger partial charge in [-0.2, -0.15) is 0 Å². The van der Waals surface area contributed by atoms with Crippen LogP contribution in [0.2, 0.25) is 0 Å². The summed E-state index contributed by atoms with van der Waals surface area (Å²) in [6.07, 6.45) is 7.31. The molecule has 0 N–H and O–H groups in total. The van der Waals surface area contributed by atoms with Crippen molar-refractivity contribution in [3.8, 4) is 17.2 Å². The predicted molar refractivity (Wildman–Crippen MR) is 94.7 cm³/mol. The number of hydrogen-bond acceptors (Lipinski definition) is 5. The van der Waals surface area contributed by atoms with Crippen LogP contribution < -0.4 is 14.2 Å². The number of ether oxygens (including phenoxy) is 4. The number of methoxy groups -OCH3 is 4. The first-order valence-electron chi connectivity index (χ1n) is 7.38. The Morgan fingerprint density at radius 2 is 1.50 bits per heavy atom. The van der Waals surface area contributed by atoms with Crippen molar-refractivity contribution in [3.63, 3.8) is 0 Å². The van der Waals surface area contributed by atoms with Gasteiger partial charge in [0.15, 0.2) is 23.0 Å². The second kappa shape index (κ2) is 9.45. The SMILES string of the molecule is CO/C(=C/C=C(C)/C=C\c1cc(OC)c(OC)c(OC)c1)C(C)=O. The van der Waals surface area contributed by atoms with Crippen LogP contribution in [0, 0.1) is 0 Å². The fourth-order valence-electron chi connectivity index (χ4n) is 2.02. The van der Waals surface area contributed by atoms with Crippen LogP contribution in [-0.2, 0) is 9.53 Å². The molecule has 0 radical (unpaired) electrons. The van der Waals surface area contributed by atoms with Crippen molar-refractivity contribution < 1.29 is 23.7 Å². The van der Waals surface area contributed by atoms with E-state index in [0.717, 1.165) is 11.1 Å². The number of Topliss-reactive ketones (excluding diaryl/α,β-unsaturated/α-hetero) is 1. The number of hydrogen-bond donors (Lipinski definition) is 0. The lowest BCUT2D eigenvalue weighted by Crippen LogP contribution is -1.97. The fraction of sp³-hybridized carbons (Fsp3) is 0.316. The molecule has 5 nitrogen and oxygen atoms in total. The molecule has 0 saturated heterocycles. The number of carbonyl (C=O) groups is 1. The third-order valence-electron chi connectivity index (χ3n) is 3.29. The largest absolute Gasteiger partial charge is 0.493 e. The van der Waals surface area contributed by atoms with Gasteiger partial charge in [0.25, 0.3) is 0 Å². The van der Waals surface area contributed by atoms with Gasteiger partial charge < -0.3 is 18.9 Å². The lowest BCUT2D eigenvalue weighted by molar-refractivity contribution is -0.116. The maximum Gasteiger partial charge on any atom is 0.203 e. The first kappa shape index (κ1) is 19.4. The predicted octanol–water partition coefficient (Wildman–Crippen LogP) is 3.79. The molecule has 1 aromatic rings. The zero-order valence-electron chi connectivity index (χ0n) is 15.0. The summed E-state index contributed by atoms with van der Waals surface area (Å²) in [6, 6.07) is 3.72. The van der Waals surface area contributed by atoms with Gasteiger partial charge in [0.1, 0.15) is 0 Å². The summed E-state index contributed by atoms with van der Waals surface area (Å²) in [6.45, 7) is 3.39. The topological polar surface area (TPSA) is 54.0 Å². The smallest absolute Gasteiger partial charge is 0.203 e. The van der Waals surface area contributed by atoms with Crippen molar-refractivity contribution in [3.05, 3.63) is 47.3 Å². The quantitative estimate of drug-likeness (QED) is 0.412. The van der Waals surface area contributed by atoms with Crippen molar-refractivity contribution in [1.82, 2.24) is 0 Å². The molecule has 0 amide bonds. The van der Waals surface area contributed by atoms with Crippen LogP contribution in [0.15, 0.2) is 41.7 Å². The molecule has 0 unspecified atom stereocenters. The van der Waals surface area contributed by atoms with Crippen molar-refractivity contribution in [2.45, 2.75) is 13.8 Å². The van der Waals surface area contributed by atoms with Crippen LogP contribution in [0.25, 0.3) is 6.08 Å². The third-order valence-corrected chi connectivity index (χ3v) is 3.29. The number of allylic oxidation sites excluding steroid dienone is 5. The Morgan fingerprint density at radius 1 is 0.917 bits per heavy atom. The lowest BCUT2D eigenvalue weighted by Gasteiger charge is -2.12. The maximum atomic E-state index is 11.3. The van der Waals surface area contributed by atoms with E-state index >= 15 is 0 Å². The van der Waals surface area contributed by atoms with E-state index in [1.807, 2.05) is 37.3 Å². The molecule has 5 heteroatoms. The molecular weight excluding hydrogens is 308 g/mol. The van der Waals surface area contributed by atoms with E-state index < -0.39 is 0 Å². The summed E-state index contributed by atoms with van der Waals surface area (Å²) >= 11 is 0. The van der Waals surface area contributed by atoms with Crippen molar-refractivity contribution >= 4 is 11.9 Å². The Balaban J connectivity index is 3.07. The minimum Gasteiger partial charge on any atom is -0.493 e. The summed E-state index contributed by atoms with van der Waals surface area (Å²) in [5.74, 6) is 1.94. The molecule has 1 rings (SSSR count). The van der Waals surface area contributed by atoms with Crippen LogP contribution in [0.5, 0.6) is 17.2 Å². The molecule has 24 heavy (non-hydrogen) atoms. The number of rotatable bonds is 8. The summed E-state index contributed by atoms with van der Waals surface area (Å²) in [5.41, 5.74) is 1.86. The Hall–Kier alpha value is -2.69. The standard InChI is InChI=1S/C19H24O5/c1-13(8-10-16(21-3)14(2)20)7-9-15-11-17(22-4)19(24-6)18(12-15)23-5/h7-12H,1-6H3/b9-7-,13-8+,16-10+. The monoisotopic (exact) mass is 332 g/mol. The second-order valence-electron chi connectivity index (χ2n) is 4.99. The van der Waals surface area contributed by atoms with E-state index in [9.17, 15) is 4.79 Å². The molecule has 0 aromatic heterocycles. The number of ketones is 1. The van der Waals surface area contributed by atoms with Crippen LogP contribution in [0.4, 0.5) is 0 Å². The van der Waals surface area contributed by atoms with Gasteiger partial charge in [0, 0.05) is 6.92 Å². The Bertz CT molecular complexity index is 643. The third kappa shape index (κ3) is 5.19. The molecule has 0 aliphatic carbocycles. The van der Waals surface area contributed by atoms with Gasteiger partial charge in [-0.05, 0) is 30.7 Å². The highest BCUT2D eigenvalue weighted by Gasteiger charge is 2.11. The second-order valence-corrected chi connectivity index (χ2v) is 4.99. The summed E-state index contributed by atoms with van der Waals surface area (Å²) in [7, 11) is 6.20. The Labute approximate surface area is 143 Å². The van der Waals surface area contributed by atoms with E-state index in [4.69, 9.17) is 18.9 Å². The molecular formula is C19H24O5. The summed E-state index contributed by atoms with van der Waals surface area (Å²) < 4.78 is 21.0. The highest BCUT2D eigenvalue weighted by molar-refractivity contribution is 5.91. The zero-order valence-corrected chi connectivity index (χ0v) is 15.0. The maximum absolute atomic E-state index is 11.3. The van der Waals surface area contributed by atoms with Crippen LogP contribution in [0.3, 0.4) is 0 Å². The highest BCUT2D eigenvalue weighted by atomic mass is 16.5. The van der Waals surface area contributed by atoms with Gasteiger partial charge in [-0.3, -0.25) is 4.79 Å². The van der Waals surface area contributed by atoms with Crippen LogP contribution in [-0.4, -0.2) is 34.2 Å². The average Bonchev–Trinajstić information content (AvgIpc) is 2.58. The molecule has 0 atom stereocenters. The molecule has 0 fully saturated rings. The van der Waals surface area contributed by atoms with Gasteiger partial charge in [-0.15, -0.1) is 0 Å². The van der Waals surface area contributed by atoms with Gasteiger partial charge in [-0.1, -0.05) is 23.8 Å². The average molecular weight is 332 g/mol. The van der Waals surface area contributed by atoms with Crippen molar-refractivity contribution in [2.75, 3.05) is 28.4 Å². The minimum absolute atomic E-state index is 0.116. The number of benzene rings is 1. The van der Waals surface area contributed by atoms with Gasteiger partial charge in [0.05, 0.1) is 28.4 Å². The molecule has 1 aromatic carbocycles. The van der Waals surface area contributed by atoms with Crippen molar-refractivity contribution in [2.24, 2.45) is 0 Å². The van der Waals surface area contributed by atoms with Crippen LogP contribution >= 0.6 is 0 Å². The molecule has 0 aliphatic heterocycles. The van der Waals surface area contributed by atoms with Crippen LogP contribution in [0.1, 0.15) is 19.4 Å². The normalized spacial score (nSPS) is 12.2. The molecule has 0 heterocycles. The molecule has 0 aliphatic rings. The van der Waals surface area contributed by atoms with E-state index in [2.05, 4.69) is 0 Å². The molecule has 130 valence electrons. The minimum atomic E-state index is -0.116. The molecule has 0 bridgehead atoms. The van der Waals surface area contributed by atoms with Crippen molar-refractivity contribution in [1.29, 1.82) is 0 Å². The van der Waals surface area contributed by atoms with Gasteiger partial charge in [-0.25, -0.2) is 0 Å². The van der Waals surface area contributed by atoms with Gasteiger partial charge in [0.2, 0.25) is 5.75 Å². The number of carbonyl (C=O) groups excluding carboxylic acids is 1. The molecule has 0 spiro atoms. The van der Waals surface area contributed by atoms with E-state index in [-0.39, 0.29) is 5.78 Å². The highest BCUT2D eigenvalue weighted by Crippen LogP contribution is 2.38. The Morgan fingerprint density at radius 3 is 1.92 bits per heavy atom. The van der Waals surface area contributed by atoms with Gasteiger partial charge >= 0.3 is 0 Å². The zero-order chi connectivity index (χ0) is 18.1. The Kier molecular flexibility index (Phi) is 7.62.